The monoisotopic (exact) mass is 241 g/mol. The number of hydrogen-bond acceptors (Lipinski definition) is 3. The molecule has 0 aliphatic rings. The Balaban J connectivity index is 2.78. The van der Waals surface area contributed by atoms with Gasteiger partial charge in [0.15, 0.2) is 0 Å². The van der Waals surface area contributed by atoms with Gasteiger partial charge in [-0.3, -0.25) is 0 Å². The number of methoxy groups -OCH3 is 2. The molecular formula is C12H16ClNO2. The summed E-state index contributed by atoms with van der Waals surface area (Å²) in [5.74, 6) is 1.52. The molecule has 0 aliphatic carbocycles. The summed E-state index contributed by atoms with van der Waals surface area (Å²) in [6.45, 7) is 2.65. The largest absolute Gasteiger partial charge is 0.497 e. The SMILES string of the molecule is COc1cc(NC/C(C)=C/Cl)cc(OC)c1. The Hall–Kier alpha value is -1.35. The van der Waals surface area contributed by atoms with Gasteiger partial charge in [-0.05, 0) is 12.5 Å². The fourth-order valence-electron chi connectivity index (χ4n) is 1.19. The second-order valence-corrected chi connectivity index (χ2v) is 3.63. The minimum Gasteiger partial charge on any atom is -0.497 e. The molecule has 0 unspecified atom stereocenters. The highest BCUT2D eigenvalue weighted by molar-refractivity contribution is 6.25. The van der Waals surface area contributed by atoms with Crippen LogP contribution in [0.3, 0.4) is 0 Å². The lowest BCUT2D eigenvalue weighted by Gasteiger charge is -2.10. The van der Waals surface area contributed by atoms with Crippen LogP contribution in [0.4, 0.5) is 5.69 Å². The average Bonchev–Trinajstić information content (AvgIpc) is 2.35. The van der Waals surface area contributed by atoms with Gasteiger partial charge in [0.1, 0.15) is 11.5 Å². The van der Waals surface area contributed by atoms with E-state index in [4.69, 9.17) is 21.1 Å². The van der Waals surface area contributed by atoms with E-state index in [9.17, 15) is 0 Å². The predicted octanol–water partition coefficient (Wildman–Crippen LogP) is 3.26. The van der Waals surface area contributed by atoms with E-state index in [0.29, 0.717) is 6.54 Å². The maximum Gasteiger partial charge on any atom is 0.124 e. The third-order valence-electron chi connectivity index (χ3n) is 2.11. The van der Waals surface area contributed by atoms with Crippen molar-refractivity contribution in [2.75, 3.05) is 26.1 Å². The summed E-state index contributed by atoms with van der Waals surface area (Å²) >= 11 is 5.58. The first-order valence-corrected chi connectivity index (χ1v) is 5.36. The molecule has 1 N–H and O–H groups in total. The molecule has 1 aromatic carbocycles. The maximum absolute atomic E-state index is 5.58. The molecule has 0 aromatic heterocycles. The van der Waals surface area contributed by atoms with Crippen LogP contribution in [0.5, 0.6) is 11.5 Å². The molecule has 4 heteroatoms. The normalized spacial score (nSPS) is 11.1. The highest BCUT2D eigenvalue weighted by Crippen LogP contribution is 2.25. The molecule has 0 atom stereocenters. The first kappa shape index (κ1) is 12.7. The number of halogens is 1. The topological polar surface area (TPSA) is 30.5 Å². The van der Waals surface area contributed by atoms with E-state index in [2.05, 4.69) is 5.32 Å². The van der Waals surface area contributed by atoms with Crippen LogP contribution in [-0.2, 0) is 0 Å². The summed E-state index contributed by atoms with van der Waals surface area (Å²) in [5.41, 5.74) is 3.56. The highest BCUT2D eigenvalue weighted by atomic mass is 35.5. The van der Waals surface area contributed by atoms with Crippen molar-refractivity contribution in [3.05, 3.63) is 29.3 Å². The van der Waals surface area contributed by atoms with Crippen molar-refractivity contribution in [2.24, 2.45) is 0 Å². The second-order valence-electron chi connectivity index (χ2n) is 3.41. The number of benzene rings is 1. The summed E-state index contributed by atoms with van der Waals surface area (Å²) in [7, 11) is 3.25. The molecule has 1 aromatic rings. The molecule has 0 radical (unpaired) electrons. The van der Waals surface area contributed by atoms with E-state index in [-0.39, 0.29) is 0 Å². The molecule has 3 nitrogen and oxygen atoms in total. The van der Waals surface area contributed by atoms with Gasteiger partial charge in [0.2, 0.25) is 0 Å². The van der Waals surface area contributed by atoms with Crippen molar-refractivity contribution in [1.29, 1.82) is 0 Å². The Kier molecular flexibility index (Phi) is 4.99. The number of hydrogen-bond donors (Lipinski definition) is 1. The molecule has 0 amide bonds. The van der Waals surface area contributed by atoms with Crippen LogP contribution in [0.2, 0.25) is 0 Å². The van der Waals surface area contributed by atoms with Gasteiger partial charge >= 0.3 is 0 Å². The minimum atomic E-state index is 0.694. The molecule has 16 heavy (non-hydrogen) atoms. The quantitative estimate of drug-likeness (QED) is 0.858. The van der Waals surface area contributed by atoms with Gasteiger partial charge in [0.25, 0.3) is 0 Å². The third kappa shape index (κ3) is 3.66. The van der Waals surface area contributed by atoms with Gasteiger partial charge < -0.3 is 14.8 Å². The molecule has 0 saturated heterocycles. The van der Waals surface area contributed by atoms with Crippen molar-refractivity contribution in [3.63, 3.8) is 0 Å². The average molecular weight is 242 g/mol. The maximum atomic E-state index is 5.58. The van der Waals surface area contributed by atoms with E-state index in [1.165, 1.54) is 0 Å². The zero-order valence-electron chi connectivity index (χ0n) is 9.71. The lowest BCUT2D eigenvalue weighted by molar-refractivity contribution is 0.394. The van der Waals surface area contributed by atoms with Crippen LogP contribution in [0, 0.1) is 0 Å². The van der Waals surface area contributed by atoms with Gasteiger partial charge in [0, 0.05) is 36.0 Å². The van der Waals surface area contributed by atoms with Crippen LogP contribution >= 0.6 is 11.6 Å². The van der Waals surface area contributed by atoms with Gasteiger partial charge in [0.05, 0.1) is 14.2 Å². The fraction of sp³-hybridized carbons (Fsp3) is 0.333. The zero-order valence-corrected chi connectivity index (χ0v) is 10.5. The number of rotatable bonds is 5. The second kappa shape index (κ2) is 6.28. The highest BCUT2D eigenvalue weighted by Gasteiger charge is 2.01. The van der Waals surface area contributed by atoms with Gasteiger partial charge in [-0.15, -0.1) is 0 Å². The number of nitrogens with one attached hydrogen (secondary N) is 1. The summed E-state index contributed by atoms with van der Waals surface area (Å²) in [4.78, 5) is 0. The number of ether oxygens (including phenoxy) is 2. The van der Waals surface area contributed by atoms with E-state index in [1.807, 2.05) is 25.1 Å². The Labute approximate surface area is 101 Å². The molecule has 0 aliphatic heterocycles. The van der Waals surface area contributed by atoms with E-state index < -0.39 is 0 Å². The van der Waals surface area contributed by atoms with Crippen molar-refractivity contribution in [2.45, 2.75) is 6.92 Å². The molecule has 0 spiro atoms. The van der Waals surface area contributed by atoms with E-state index in [1.54, 1.807) is 19.8 Å². The smallest absolute Gasteiger partial charge is 0.124 e. The molecule has 88 valence electrons. The molecule has 1 rings (SSSR count). The van der Waals surface area contributed by atoms with E-state index in [0.717, 1.165) is 22.8 Å². The summed E-state index contributed by atoms with van der Waals surface area (Å²) in [6, 6.07) is 5.64. The number of anilines is 1. The van der Waals surface area contributed by atoms with Gasteiger partial charge in [-0.2, -0.15) is 0 Å². The van der Waals surface area contributed by atoms with E-state index >= 15 is 0 Å². The van der Waals surface area contributed by atoms with Crippen LogP contribution in [0.15, 0.2) is 29.3 Å². The van der Waals surface area contributed by atoms with Crippen molar-refractivity contribution < 1.29 is 9.47 Å². The first-order chi connectivity index (χ1) is 7.69. The summed E-state index contributed by atoms with van der Waals surface area (Å²) in [6.07, 6.45) is 0. The molecule has 0 fully saturated rings. The Morgan fingerprint density at radius 1 is 1.25 bits per heavy atom. The Morgan fingerprint density at radius 3 is 2.25 bits per heavy atom. The van der Waals surface area contributed by atoms with Crippen LogP contribution in [0.25, 0.3) is 0 Å². The zero-order chi connectivity index (χ0) is 12.0. The molecule has 0 heterocycles. The predicted molar refractivity (Wildman–Crippen MR) is 67.6 cm³/mol. The Morgan fingerprint density at radius 2 is 1.81 bits per heavy atom. The molecule has 0 saturated carbocycles. The van der Waals surface area contributed by atoms with Gasteiger partial charge in [-0.1, -0.05) is 11.6 Å². The van der Waals surface area contributed by atoms with Crippen LogP contribution < -0.4 is 14.8 Å². The van der Waals surface area contributed by atoms with Crippen LogP contribution in [0.1, 0.15) is 6.92 Å². The summed E-state index contributed by atoms with van der Waals surface area (Å²) in [5, 5.41) is 3.23. The van der Waals surface area contributed by atoms with Crippen molar-refractivity contribution in [3.8, 4) is 11.5 Å². The standard InChI is InChI=1S/C12H16ClNO2/c1-9(7-13)8-14-10-4-11(15-2)6-12(5-10)16-3/h4-7,14H,8H2,1-3H3/b9-7+. The minimum absolute atomic E-state index is 0.694. The molecular weight excluding hydrogens is 226 g/mol. The van der Waals surface area contributed by atoms with Crippen LogP contribution in [-0.4, -0.2) is 20.8 Å². The van der Waals surface area contributed by atoms with Gasteiger partial charge in [-0.25, -0.2) is 0 Å². The first-order valence-electron chi connectivity index (χ1n) is 4.92. The van der Waals surface area contributed by atoms with Crippen molar-refractivity contribution in [1.82, 2.24) is 0 Å². The summed E-state index contributed by atoms with van der Waals surface area (Å²) < 4.78 is 10.3. The van der Waals surface area contributed by atoms with Crippen molar-refractivity contribution >= 4 is 17.3 Å². The Bertz CT molecular complexity index is 355. The lowest BCUT2D eigenvalue weighted by atomic mass is 10.2. The third-order valence-corrected chi connectivity index (χ3v) is 2.48. The molecule has 0 bridgehead atoms. The lowest BCUT2D eigenvalue weighted by Crippen LogP contribution is -2.02. The fourth-order valence-corrected chi connectivity index (χ4v) is 1.27.